The summed E-state index contributed by atoms with van der Waals surface area (Å²) in [5.74, 6) is 1.03. The molecule has 0 unspecified atom stereocenters. The molecule has 28 heavy (non-hydrogen) atoms. The van der Waals surface area contributed by atoms with Gasteiger partial charge in [-0.15, -0.1) is 0 Å². The molecule has 0 saturated heterocycles. The maximum absolute atomic E-state index is 6.15. The van der Waals surface area contributed by atoms with E-state index >= 15 is 0 Å². The van der Waals surface area contributed by atoms with Gasteiger partial charge in [0.2, 0.25) is 0 Å². The van der Waals surface area contributed by atoms with E-state index in [1.165, 1.54) is 35.1 Å². The zero-order valence-electron chi connectivity index (χ0n) is 17.0. The van der Waals surface area contributed by atoms with E-state index in [1.54, 1.807) is 0 Å². The van der Waals surface area contributed by atoms with Crippen LogP contribution < -0.4 is 4.74 Å². The Labute approximate surface area is 170 Å². The SMILES string of the molecule is C=C1CCCCOc2ccccc2CN(Cc2ccccc2)CCCCC1=C. The summed E-state index contributed by atoms with van der Waals surface area (Å²) in [6.45, 7) is 12.2. The molecule has 2 nitrogen and oxygen atoms in total. The number of para-hydroxylation sites is 1. The third-order valence-corrected chi connectivity index (χ3v) is 5.45. The molecule has 0 fully saturated rings. The minimum absolute atomic E-state index is 0.759. The van der Waals surface area contributed by atoms with Gasteiger partial charge >= 0.3 is 0 Å². The number of nitrogens with zero attached hydrogens (tertiary/aromatic N) is 1. The molecule has 148 valence electrons. The molecule has 0 saturated carbocycles. The molecule has 0 spiro atoms. The third-order valence-electron chi connectivity index (χ3n) is 5.45. The lowest BCUT2D eigenvalue weighted by molar-refractivity contribution is 0.242. The summed E-state index contributed by atoms with van der Waals surface area (Å²) in [5.41, 5.74) is 5.09. The smallest absolute Gasteiger partial charge is 0.123 e. The molecule has 0 amide bonds. The van der Waals surface area contributed by atoms with Crippen molar-refractivity contribution in [1.82, 2.24) is 4.90 Å². The standard InChI is InChI=1S/C26H33NO/c1-22-12-8-10-18-27(20-24-14-4-3-5-15-24)21-25-16-6-7-17-26(25)28-19-11-9-13-23(22)2/h3-7,14-17H,1-2,8-13,18-21H2. The van der Waals surface area contributed by atoms with Gasteiger partial charge in [-0.1, -0.05) is 72.8 Å². The van der Waals surface area contributed by atoms with Crippen molar-refractivity contribution in [2.75, 3.05) is 13.2 Å². The zero-order chi connectivity index (χ0) is 19.6. The minimum Gasteiger partial charge on any atom is -0.493 e. The van der Waals surface area contributed by atoms with Crippen LogP contribution in [0.4, 0.5) is 0 Å². The summed E-state index contributed by atoms with van der Waals surface area (Å²) >= 11 is 0. The fraction of sp³-hybridized carbons (Fsp3) is 0.385. The first-order valence-electron chi connectivity index (χ1n) is 10.6. The van der Waals surface area contributed by atoms with Gasteiger partial charge < -0.3 is 4.74 Å². The van der Waals surface area contributed by atoms with E-state index < -0.39 is 0 Å². The molecule has 0 bridgehead atoms. The summed E-state index contributed by atoms with van der Waals surface area (Å²) < 4.78 is 6.15. The first-order chi connectivity index (χ1) is 13.7. The molecule has 0 atom stereocenters. The third kappa shape index (κ3) is 6.38. The van der Waals surface area contributed by atoms with Gasteiger partial charge in [-0.3, -0.25) is 4.90 Å². The van der Waals surface area contributed by atoms with E-state index in [0.29, 0.717) is 0 Å². The van der Waals surface area contributed by atoms with E-state index in [9.17, 15) is 0 Å². The Balaban J connectivity index is 1.74. The highest BCUT2D eigenvalue weighted by Crippen LogP contribution is 2.24. The van der Waals surface area contributed by atoms with Crippen LogP contribution in [0.2, 0.25) is 0 Å². The van der Waals surface area contributed by atoms with Crippen LogP contribution in [0, 0.1) is 0 Å². The van der Waals surface area contributed by atoms with E-state index in [1.807, 2.05) is 0 Å². The number of rotatable bonds is 2. The molecule has 0 aliphatic carbocycles. The molecule has 0 aromatic heterocycles. The largest absolute Gasteiger partial charge is 0.493 e. The van der Waals surface area contributed by atoms with Crippen LogP contribution in [-0.2, 0) is 13.1 Å². The van der Waals surface area contributed by atoms with Crippen LogP contribution in [-0.4, -0.2) is 18.1 Å². The van der Waals surface area contributed by atoms with Gasteiger partial charge in [0, 0.05) is 18.7 Å². The van der Waals surface area contributed by atoms with E-state index in [4.69, 9.17) is 4.74 Å². The first-order valence-corrected chi connectivity index (χ1v) is 10.6. The second-order valence-corrected chi connectivity index (χ2v) is 7.77. The van der Waals surface area contributed by atoms with Crippen LogP contribution in [0.3, 0.4) is 0 Å². The molecular weight excluding hydrogens is 342 g/mol. The van der Waals surface area contributed by atoms with Crippen molar-refractivity contribution < 1.29 is 4.74 Å². The molecule has 1 aliphatic heterocycles. The number of hydrogen-bond acceptors (Lipinski definition) is 2. The van der Waals surface area contributed by atoms with Crippen LogP contribution in [0.15, 0.2) is 78.9 Å². The molecule has 0 radical (unpaired) electrons. The van der Waals surface area contributed by atoms with Crippen molar-refractivity contribution in [3.63, 3.8) is 0 Å². The highest BCUT2D eigenvalue weighted by atomic mass is 16.5. The van der Waals surface area contributed by atoms with Gasteiger partial charge in [0.25, 0.3) is 0 Å². The fourth-order valence-electron chi connectivity index (χ4n) is 3.72. The Morgan fingerprint density at radius 3 is 2.25 bits per heavy atom. The topological polar surface area (TPSA) is 12.5 Å². The molecule has 1 heterocycles. The molecule has 2 aromatic rings. The quantitative estimate of drug-likeness (QED) is 0.591. The molecule has 0 N–H and O–H groups in total. The highest BCUT2D eigenvalue weighted by Gasteiger charge is 2.12. The van der Waals surface area contributed by atoms with Crippen LogP contribution in [0.25, 0.3) is 0 Å². The van der Waals surface area contributed by atoms with Crippen LogP contribution in [0.1, 0.15) is 49.7 Å². The fourth-order valence-corrected chi connectivity index (χ4v) is 3.72. The second-order valence-electron chi connectivity index (χ2n) is 7.77. The Morgan fingerprint density at radius 1 is 0.786 bits per heavy atom. The van der Waals surface area contributed by atoms with Crippen molar-refractivity contribution >= 4 is 0 Å². The number of benzene rings is 2. The predicted octanol–water partition coefficient (Wildman–Crippen LogP) is 6.53. The number of hydrogen-bond donors (Lipinski definition) is 0. The average molecular weight is 376 g/mol. The second kappa shape index (κ2) is 10.9. The van der Waals surface area contributed by atoms with E-state index in [0.717, 1.165) is 57.7 Å². The summed E-state index contributed by atoms with van der Waals surface area (Å²) in [6.07, 6.45) is 6.59. The lowest BCUT2D eigenvalue weighted by atomic mass is 9.98. The van der Waals surface area contributed by atoms with Crippen molar-refractivity contribution in [3.8, 4) is 5.75 Å². The van der Waals surface area contributed by atoms with Crippen molar-refractivity contribution in [2.24, 2.45) is 0 Å². The maximum Gasteiger partial charge on any atom is 0.123 e. The lowest BCUT2D eigenvalue weighted by Gasteiger charge is -2.24. The maximum atomic E-state index is 6.15. The van der Waals surface area contributed by atoms with Crippen LogP contribution >= 0.6 is 0 Å². The van der Waals surface area contributed by atoms with Gasteiger partial charge in [-0.2, -0.15) is 0 Å². The Bertz CT molecular complexity index is 765. The predicted molar refractivity (Wildman–Crippen MR) is 118 cm³/mol. The zero-order valence-corrected chi connectivity index (χ0v) is 17.0. The van der Waals surface area contributed by atoms with E-state index in [2.05, 4.69) is 72.7 Å². The highest BCUT2D eigenvalue weighted by molar-refractivity contribution is 5.33. The van der Waals surface area contributed by atoms with Crippen molar-refractivity contribution in [2.45, 2.75) is 51.6 Å². The Hall–Kier alpha value is -2.32. The summed E-state index contributed by atoms with van der Waals surface area (Å²) in [4.78, 5) is 2.54. The minimum atomic E-state index is 0.759. The van der Waals surface area contributed by atoms with Crippen LogP contribution in [0.5, 0.6) is 5.75 Å². The molecule has 1 aliphatic rings. The van der Waals surface area contributed by atoms with E-state index in [-0.39, 0.29) is 0 Å². The number of ether oxygens (including phenoxy) is 1. The van der Waals surface area contributed by atoms with Gasteiger partial charge in [0.15, 0.2) is 0 Å². The van der Waals surface area contributed by atoms with Crippen molar-refractivity contribution in [1.29, 1.82) is 0 Å². The normalized spacial score (nSPS) is 17.9. The summed E-state index contributed by atoms with van der Waals surface area (Å²) in [5, 5.41) is 0. The van der Waals surface area contributed by atoms with Gasteiger partial charge in [0.05, 0.1) is 6.61 Å². The molecule has 2 heteroatoms. The average Bonchev–Trinajstić information content (AvgIpc) is 2.72. The first kappa shape index (κ1) is 20.4. The lowest BCUT2D eigenvalue weighted by Crippen LogP contribution is -2.24. The van der Waals surface area contributed by atoms with Gasteiger partial charge in [0.1, 0.15) is 5.75 Å². The molecule has 3 rings (SSSR count). The Morgan fingerprint density at radius 2 is 1.46 bits per heavy atom. The monoisotopic (exact) mass is 375 g/mol. The summed E-state index contributed by atoms with van der Waals surface area (Å²) in [6, 6.07) is 19.2. The summed E-state index contributed by atoms with van der Waals surface area (Å²) in [7, 11) is 0. The van der Waals surface area contributed by atoms with Crippen molar-refractivity contribution in [3.05, 3.63) is 90.0 Å². The number of fused-ring (bicyclic) bond motifs is 1. The molecular formula is C26H33NO. The van der Waals surface area contributed by atoms with Gasteiger partial charge in [-0.25, -0.2) is 0 Å². The number of allylic oxidation sites excluding steroid dienone is 2. The molecule has 2 aromatic carbocycles. The Kier molecular flexibility index (Phi) is 7.93. The van der Waals surface area contributed by atoms with Gasteiger partial charge in [-0.05, 0) is 56.7 Å².